The molecule has 1 aromatic rings. The monoisotopic (exact) mass is 315 g/mol. The summed E-state index contributed by atoms with van der Waals surface area (Å²) >= 11 is 9.82. The van der Waals surface area contributed by atoms with Gasteiger partial charge in [0.05, 0.1) is 17.2 Å². The Morgan fingerprint density at radius 2 is 2.29 bits per heavy atom. The van der Waals surface area contributed by atoms with Gasteiger partial charge < -0.3 is 9.64 Å². The molecular formula is C13H15BrClNO. The van der Waals surface area contributed by atoms with E-state index in [1.54, 1.807) is 0 Å². The smallest absolute Gasteiger partial charge is 0.0865 e. The van der Waals surface area contributed by atoms with Crippen LogP contribution in [0.3, 0.4) is 0 Å². The summed E-state index contributed by atoms with van der Waals surface area (Å²) in [6, 6.07) is 4.24. The number of ether oxygens (including phenoxy) is 1. The van der Waals surface area contributed by atoms with Crippen LogP contribution in [0.2, 0.25) is 5.02 Å². The maximum Gasteiger partial charge on any atom is 0.0865 e. The number of rotatable bonds is 0. The van der Waals surface area contributed by atoms with Crippen LogP contribution < -0.4 is 0 Å². The van der Waals surface area contributed by atoms with E-state index in [1.165, 1.54) is 5.56 Å². The highest BCUT2D eigenvalue weighted by Gasteiger charge is 2.47. The van der Waals surface area contributed by atoms with E-state index in [9.17, 15) is 0 Å². The molecule has 2 aliphatic heterocycles. The molecule has 0 radical (unpaired) electrons. The van der Waals surface area contributed by atoms with Crippen molar-refractivity contribution in [2.24, 2.45) is 0 Å². The molecule has 0 spiro atoms. The van der Waals surface area contributed by atoms with E-state index < -0.39 is 0 Å². The van der Waals surface area contributed by atoms with Crippen LogP contribution in [-0.2, 0) is 11.3 Å². The first-order valence-corrected chi connectivity index (χ1v) is 6.97. The second kappa shape index (κ2) is 3.95. The molecule has 1 unspecified atom stereocenters. The number of likely N-dealkylation sites (N-methyl/N-ethyl adjacent to an activating group) is 1. The maximum atomic E-state index is 6.34. The summed E-state index contributed by atoms with van der Waals surface area (Å²) in [6.45, 7) is 4.86. The highest BCUT2D eigenvalue weighted by Crippen LogP contribution is 2.46. The van der Waals surface area contributed by atoms with Gasteiger partial charge in [0.15, 0.2) is 0 Å². The summed E-state index contributed by atoms with van der Waals surface area (Å²) in [5.74, 6) is 0.432. The van der Waals surface area contributed by atoms with Crippen LogP contribution in [0.5, 0.6) is 0 Å². The van der Waals surface area contributed by atoms with Crippen molar-refractivity contribution in [1.82, 2.24) is 4.90 Å². The van der Waals surface area contributed by atoms with E-state index in [1.807, 2.05) is 6.07 Å². The second-order valence-electron chi connectivity index (χ2n) is 5.28. The van der Waals surface area contributed by atoms with Gasteiger partial charge in [-0.1, -0.05) is 17.7 Å². The molecule has 92 valence electrons. The lowest BCUT2D eigenvalue weighted by molar-refractivity contribution is -0.0556. The third-order valence-electron chi connectivity index (χ3n) is 3.97. The summed E-state index contributed by atoms with van der Waals surface area (Å²) in [6.07, 6.45) is 0. The number of benzene rings is 1. The fourth-order valence-electron chi connectivity index (χ4n) is 3.11. The van der Waals surface area contributed by atoms with Crippen LogP contribution in [0.25, 0.3) is 0 Å². The van der Waals surface area contributed by atoms with Crippen LogP contribution in [0, 0.1) is 0 Å². The van der Waals surface area contributed by atoms with Gasteiger partial charge in [-0.25, -0.2) is 0 Å². The molecule has 4 heteroatoms. The predicted octanol–water partition coefficient (Wildman–Crippen LogP) is 3.42. The summed E-state index contributed by atoms with van der Waals surface area (Å²) in [5, 5.41) is 0.805. The molecule has 3 rings (SSSR count). The number of likely N-dealkylation sites (tertiary alicyclic amines) is 1. The lowest BCUT2D eigenvalue weighted by Gasteiger charge is -2.37. The second-order valence-corrected chi connectivity index (χ2v) is 6.51. The highest BCUT2D eigenvalue weighted by atomic mass is 79.9. The summed E-state index contributed by atoms with van der Waals surface area (Å²) in [5.41, 5.74) is 2.45. The van der Waals surface area contributed by atoms with E-state index in [0.717, 1.165) is 28.1 Å². The fourth-order valence-corrected chi connectivity index (χ4v) is 3.70. The predicted molar refractivity (Wildman–Crippen MR) is 72.6 cm³/mol. The van der Waals surface area contributed by atoms with Gasteiger partial charge in [-0.3, -0.25) is 0 Å². The Hall–Kier alpha value is -0.0900. The van der Waals surface area contributed by atoms with Crippen molar-refractivity contribution in [3.63, 3.8) is 0 Å². The Kier molecular flexibility index (Phi) is 2.78. The third kappa shape index (κ3) is 1.75. The van der Waals surface area contributed by atoms with Crippen molar-refractivity contribution < 1.29 is 4.74 Å². The Bertz CT molecular complexity index is 479. The highest BCUT2D eigenvalue weighted by molar-refractivity contribution is 9.10. The first-order chi connectivity index (χ1) is 8.01. The molecule has 1 fully saturated rings. The van der Waals surface area contributed by atoms with Gasteiger partial charge in [0.1, 0.15) is 0 Å². The molecule has 0 bridgehead atoms. The number of halogens is 2. The molecule has 1 saturated heterocycles. The molecular weight excluding hydrogens is 302 g/mol. The Labute approximate surface area is 115 Å². The minimum absolute atomic E-state index is 0.0566. The quantitative estimate of drug-likeness (QED) is 0.727. The summed E-state index contributed by atoms with van der Waals surface area (Å²) in [7, 11) is 2.15. The van der Waals surface area contributed by atoms with Crippen molar-refractivity contribution in [1.29, 1.82) is 0 Å². The molecule has 2 atom stereocenters. The SMILES string of the molecule is CN1CC2c3ccc(Br)c(Cl)c3CO[C@@]2(C)C1. The van der Waals surface area contributed by atoms with E-state index >= 15 is 0 Å². The number of hydrogen-bond acceptors (Lipinski definition) is 2. The van der Waals surface area contributed by atoms with Gasteiger partial charge >= 0.3 is 0 Å². The van der Waals surface area contributed by atoms with Gasteiger partial charge in [0.2, 0.25) is 0 Å². The zero-order valence-electron chi connectivity index (χ0n) is 9.96. The molecule has 0 aliphatic carbocycles. The first kappa shape index (κ1) is 12.0. The third-order valence-corrected chi connectivity index (χ3v) is 5.29. The van der Waals surface area contributed by atoms with Crippen molar-refractivity contribution in [3.05, 3.63) is 32.8 Å². The molecule has 0 saturated carbocycles. The zero-order chi connectivity index (χ0) is 12.2. The standard InChI is InChI=1S/C13H15BrClNO/c1-13-7-16(2)5-10(13)8-3-4-11(14)12(15)9(8)6-17-13/h3-4,10H,5-7H2,1-2H3/t10?,13-/m0/s1. The van der Waals surface area contributed by atoms with Crippen LogP contribution in [-0.4, -0.2) is 30.6 Å². The number of nitrogens with zero attached hydrogens (tertiary/aromatic N) is 1. The van der Waals surface area contributed by atoms with E-state index in [4.69, 9.17) is 16.3 Å². The molecule has 2 aliphatic rings. The largest absolute Gasteiger partial charge is 0.369 e. The summed E-state index contributed by atoms with van der Waals surface area (Å²) < 4.78 is 7.03. The Morgan fingerprint density at radius 1 is 1.53 bits per heavy atom. The van der Waals surface area contributed by atoms with Crippen molar-refractivity contribution in [2.75, 3.05) is 20.1 Å². The average molecular weight is 317 g/mol. The lowest BCUT2D eigenvalue weighted by atomic mass is 9.81. The Balaban J connectivity index is 2.12. The van der Waals surface area contributed by atoms with Crippen molar-refractivity contribution >= 4 is 27.5 Å². The normalized spacial score (nSPS) is 32.4. The minimum Gasteiger partial charge on any atom is -0.369 e. The van der Waals surface area contributed by atoms with Gasteiger partial charge in [0.25, 0.3) is 0 Å². The molecule has 1 aromatic carbocycles. The first-order valence-electron chi connectivity index (χ1n) is 5.80. The molecule has 0 aromatic heterocycles. The van der Waals surface area contributed by atoms with Crippen LogP contribution >= 0.6 is 27.5 Å². The molecule has 2 heterocycles. The van der Waals surface area contributed by atoms with E-state index in [0.29, 0.717) is 12.5 Å². The van der Waals surface area contributed by atoms with E-state index in [-0.39, 0.29) is 5.60 Å². The van der Waals surface area contributed by atoms with Gasteiger partial charge in [0, 0.05) is 29.0 Å². The van der Waals surface area contributed by atoms with Gasteiger partial charge in [-0.15, -0.1) is 0 Å². The topological polar surface area (TPSA) is 12.5 Å². The average Bonchev–Trinajstić information content (AvgIpc) is 2.58. The molecule has 17 heavy (non-hydrogen) atoms. The molecule has 0 amide bonds. The van der Waals surface area contributed by atoms with Crippen LogP contribution in [0.4, 0.5) is 0 Å². The minimum atomic E-state index is -0.0566. The lowest BCUT2D eigenvalue weighted by Crippen LogP contribution is -2.39. The van der Waals surface area contributed by atoms with Crippen molar-refractivity contribution in [3.8, 4) is 0 Å². The fraction of sp³-hybridized carbons (Fsp3) is 0.538. The molecule has 2 nitrogen and oxygen atoms in total. The number of fused-ring (bicyclic) bond motifs is 3. The maximum absolute atomic E-state index is 6.34. The summed E-state index contributed by atoms with van der Waals surface area (Å²) in [4.78, 5) is 2.33. The number of hydrogen-bond donors (Lipinski definition) is 0. The van der Waals surface area contributed by atoms with Crippen molar-refractivity contribution in [2.45, 2.75) is 25.0 Å². The van der Waals surface area contributed by atoms with Gasteiger partial charge in [-0.05, 0) is 41.5 Å². The molecule has 0 N–H and O–H groups in total. The van der Waals surface area contributed by atoms with Crippen LogP contribution in [0.1, 0.15) is 24.0 Å². The van der Waals surface area contributed by atoms with E-state index in [2.05, 4.69) is 40.9 Å². The van der Waals surface area contributed by atoms with Crippen LogP contribution in [0.15, 0.2) is 16.6 Å². The van der Waals surface area contributed by atoms with Gasteiger partial charge in [-0.2, -0.15) is 0 Å². The Morgan fingerprint density at radius 3 is 3.06 bits per heavy atom. The zero-order valence-corrected chi connectivity index (χ0v) is 12.3.